The fraction of sp³-hybridized carbons (Fsp3) is 0.321. The van der Waals surface area contributed by atoms with E-state index in [4.69, 9.17) is 4.74 Å². The summed E-state index contributed by atoms with van der Waals surface area (Å²) >= 11 is 0. The molecule has 0 spiro atoms. The standard InChI is InChI=1S/C28H29NO3/c1-27(2,3)32-26(31)25-17-20(30)18-29(25)28(19-11-5-4-6-12-19)23-15-9-7-13-21(23)22-14-8-10-16-24(22)28/h4-16,20,25,30H,17-18H2,1-3H3/t20-,25+/m1/s1. The predicted octanol–water partition coefficient (Wildman–Crippen LogP) is 4.74. The third-order valence-corrected chi connectivity index (χ3v) is 6.50. The molecule has 4 heteroatoms. The van der Waals surface area contributed by atoms with E-state index in [0.717, 1.165) is 27.8 Å². The maximum Gasteiger partial charge on any atom is 0.324 e. The minimum Gasteiger partial charge on any atom is -0.459 e. The van der Waals surface area contributed by atoms with Crippen LogP contribution in [0.4, 0.5) is 0 Å². The van der Waals surface area contributed by atoms with Crippen LogP contribution in [-0.4, -0.2) is 40.3 Å². The summed E-state index contributed by atoms with van der Waals surface area (Å²) in [7, 11) is 0. The number of aliphatic hydroxyl groups is 1. The molecule has 1 heterocycles. The Morgan fingerprint density at radius 1 is 0.906 bits per heavy atom. The molecule has 1 N–H and O–H groups in total. The van der Waals surface area contributed by atoms with E-state index in [1.807, 2.05) is 39.0 Å². The number of likely N-dealkylation sites (tertiary alicyclic amines) is 1. The molecule has 2 atom stereocenters. The topological polar surface area (TPSA) is 49.8 Å². The lowest BCUT2D eigenvalue weighted by Gasteiger charge is -2.44. The van der Waals surface area contributed by atoms with E-state index in [1.165, 1.54) is 0 Å². The Balaban J connectivity index is 1.78. The Morgan fingerprint density at radius 3 is 2.00 bits per heavy atom. The molecule has 164 valence electrons. The number of hydrogen-bond donors (Lipinski definition) is 1. The van der Waals surface area contributed by atoms with Crippen molar-refractivity contribution < 1.29 is 14.6 Å². The molecular formula is C28H29NO3. The molecule has 0 aromatic heterocycles. The summed E-state index contributed by atoms with van der Waals surface area (Å²) in [6.45, 7) is 6.04. The third kappa shape index (κ3) is 3.17. The zero-order valence-corrected chi connectivity index (χ0v) is 18.8. The molecule has 0 amide bonds. The number of carbonyl (C=O) groups excluding carboxylic acids is 1. The lowest BCUT2D eigenvalue weighted by molar-refractivity contribution is -0.161. The van der Waals surface area contributed by atoms with Gasteiger partial charge >= 0.3 is 5.97 Å². The summed E-state index contributed by atoms with van der Waals surface area (Å²) in [4.78, 5) is 15.6. The highest BCUT2D eigenvalue weighted by Gasteiger charge is 2.55. The van der Waals surface area contributed by atoms with E-state index in [1.54, 1.807) is 0 Å². The Kier molecular flexibility index (Phi) is 4.95. The van der Waals surface area contributed by atoms with Crippen LogP contribution in [0.3, 0.4) is 0 Å². The van der Waals surface area contributed by atoms with Gasteiger partial charge in [0.1, 0.15) is 11.6 Å². The molecule has 4 nitrogen and oxygen atoms in total. The van der Waals surface area contributed by atoms with E-state index >= 15 is 0 Å². The van der Waals surface area contributed by atoms with Gasteiger partial charge in [-0.3, -0.25) is 9.69 Å². The highest BCUT2D eigenvalue weighted by atomic mass is 16.6. The average Bonchev–Trinajstić information content (AvgIpc) is 3.30. The smallest absolute Gasteiger partial charge is 0.324 e. The normalized spacial score (nSPS) is 21.8. The van der Waals surface area contributed by atoms with Gasteiger partial charge in [-0.2, -0.15) is 0 Å². The summed E-state index contributed by atoms with van der Waals surface area (Å²) in [6.07, 6.45) is -0.249. The van der Waals surface area contributed by atoms with Crippen LogP contribution in [0.15, 0.2) is 78.9 Å². The first-order chi connectivity index (χ1) is 15.3. The molecule has 0 bridgehead atoms. The third-order valence-electron chi connectivity index (χ3n) is 6.50. The maximum atomic E-state index is 13.4. The molecule has 2 aliphatic rings. The SMILES string of the molecule is CC(C)(C)OC(=O)[C@@H]1C[C@@H](O)CN1C1(c2ccccc2)c2ccccc2-c2ccccc21. The lowest BCUT2D eigenvalue weighted by Crippen LogP contribution is -2.53. The molecule has 1 aliphatic heterocycles. The minimum atomic E-state index is -0.687. The summed E-state index contributed by atoms with van der Waals surface area (Å²) in [6, 6.07) is 26.6. The monoisotopic (exact) mass is 427 g/mol. The number of fused-ring (bicyclic) bond motifs is 3. The van der Waals surface area contributed by atoms with Crippen LogP contribution in [0, 0.1) is 0 Å². The molecule has 0 saturated carbocycles. The van der Waals surface area contributed by atoms with Crippen molar-refractivity contribution in [2.75, 3.05) is 6.54 Å². The second kappa shape index (κ2) is 7.58. The van der Waals surface area contributed by atoms with Gasteiger partial charge in [-0.05, 0) is 48.6 Å². The van der Waals surface area contributed by atoms with Crippen LogP contribution in [0.1, 0.15) is 43.9 Å². The molecule has 3 aromatic rings. The van der Waals surface area contributed by atoms with Crippen molar-refractivity contribution in [2.45, 2.75) is 50.5 Å². The van der Waals surface area contributed by atoms with E-state index in [9.17, 15) is 9.90 Å². The molecule has 1 fully saturated rings. The second-order valence-corrected chi connectivity index (χ2v) is 9.76. The van der Waals surface area contributed by atoms with Crippen molar-refractivity contribution in [2.24, 2.45) is 0 Å². The van der Waals surface area contributed by atoms with Gasteiger partial charge < -0.3 is 9.84 Å². The predicted molar refractivity (Wildman–Crippen MR) is 125 cm³/mol. The Morgan fingerprint density at radius 2 is 1.44 bits per heavy atom. The number of benzene rings is 3. The molecule has 0 radical (unpaired) electrons. The van der Waals surface area contributed by atoms with Gasteiger partial charge in [-0.1, -0.05) is 78.9 Å². The first kappa shape index (κ1) is 20.9. The number of ether oxygens (including phenoxy) is 1. The second-order valence-electron chi connectivity index (χ2n) is 9.76. The van der Waals surface area contributed by atoms with Crippen LogP contribution in [0.2, 0.25) is 0 Å². The molecule has 32 heavy (non-hydrogen) atoms. The number of nitrogens with zero attached hydrogens (tertiary/aromatic N) is 1. The summed E-state index contributed by atoms with van der Waals surface area (Å²) in [5.41, 5.74) is 4.40. The number of aliphatic hydroxyl groups excluding tert-OH is 1. The average molecular weight is 428 g/mol. The zero-order chi connectivity index (χ0) is 22.5. The molecule has 5 rings (SSSR count). The van der Waals surface area contributed by atoms with Crippen molar-refractivity contribution in [3.05, 3.63) is 95.6 Å². The molecule has 0 unspecified atom stereocenters. The summed E-state index contributed by atoms with van der Waals surface area (Å²) in [5.74, 6) is -0.286. The molecular weight excluding hydrogens is 398 g/mol. The van der Waals surface area contributed by atoms with Crippen LogP contribution in [-0.2, 0) is 15.1 Å². The number of carbonyl (C=O) groups is 1. The highest BCUT2D eigenvalue weighted by molar-refractivity contribution is 5.84. The van der Waals surface area contributed by atoms with Gasteiger partial charge in [-0.15, -0.1) is 0 Å². The van der Waals surface area contributed by atoms with Gasteiger partial charge in [0, 0.05) is 13.0 Å². The van der Waals surface area contributed by atoms with Crippen molar-refractivity contribution in [1.82, 2.24) is 4.90 Å². The Bertz CT molecular complexity index is 1100. The fourth-order valence-corrected chi connectivity index (χ4v) is 5.46. The summed E-state index contributed by atoms with van der Waals surface area (Å²) in [5, 5.41) is 10.8. The Hall–Kier alpha value is -2.95. The van der Waals surface area contributed by atoms with Gasteiger partial charge in [0.15, 0.2) is 0 Å². The molecule has 3 aromatic carbocycles. The number of rotatable bonds is 3. The van der Waals surface area contributed by atoms with E-state index < -0.39 is 23.3 Å². The van der Waals surface area contributed by atoms with Crippen molar-refractivity contribution >= 4 is 5.97 Å². The summed E-state index contributed by atoms with van der Waals surface area (Å²) < 4.78 is 5.82. The zero-order valence-electron chi connectivity index (χ0n) is 18.8. The number of β-amino-alcohol motifs (C(OH)–C–C–N with tert-alkyl or cyclic N) is 1. The number of esters is 1. The van der Waals surface area contributed by atoms with Crippen molar-refractivity contribution in [1.29, 1.82) is 0 Å². The van der Waals surface area contributed by atoms with Crippen LogP contribution in [0.25, 0.3) is 11.1 Å². The van der Waals surface area contributed by atoms with Gasteiger partial charge in [0.05, 0.1) is 11.6 Å². The Labute approximate surface area is 189 Å². The van der Waals surface area contributed by atoms with E-state index in [-0.39, 0.29) is 5.97 Å². The van der Waals surface area contributed by atoms with Crippen LogP contribution >= 0.6 is 0 Å². The highest BCUT2D eigenvalue weighted by Crippen LogP contribution is 2.56. The quantitative estimate of drug-likeness (QED) is 0.614. The number of hydrogen-bond acceptors (Lipinski definition) is 4. The fourth-order valence-electron chi connectivity index (χ4n) is 5.46. The van der Waals surface area contributed by atoms with Gasteiger partial charge in [-0.25, -0.2) is 0 Å². The molecule has 1 saturated heterocycles. The van der Waals surface area contributed by atoms with E-state index in [2.05, 4.69) is 65.6 Å². The van der Waals surface area contributed by atoms with Crippen molar-refractivity contribution in [3.8, 4) is 11.1 Å². The van der Waals surface area contributed by atoms with E-state index in [0.29, 0.717) is 13.0 Å². The van der Waals surface area contributed by atoms with Crippen LogP contribution in [0.5, 0.6) is 0 Å². The first-order valence-electron chi connectivity index (χ1n) is 11.2. The van der Waals surface area contributed by atoms with Crippen LogP contribution < -0.4 is 0 Å². The maximum absolute atomic E-state index is 13.4. The van der Waals surface area contributed by atoms with Crippen molar-refractivity contribution in [3.63, 3.8) is 0 Å². The van der Waals surface area contributed by atoms with Gasteiger partial charge in [0.2, 0.25) is 0 Å². The van der Waals surface area contributed by atoms with Gasteiger partial charge in [0.25, 0.3) is 0 Å². The largest absolute Gasteiger partial charge is 0.459 e. The molecule has 1 aliphatic carbocycles. The lowest BCUT2D eigenvalue weighted by atomic mass is 9.78. The minimum absolute atomic E-state index is 0.286. The first-order valence-corrected chi connectivity index (χ1v) is 11.2.